The number of ether oxygens (including phenoxy) is 1. The van der Waals surface area contributed by atoms with Crippen LogP contribution in [0.5, 0.6) is 0 Å². The number of ketones is 1. The van der Waals surface area contributed by atoms with Gasteiger partial charge in [-0.2, -0.15) is 0 Å². The van der Waals surface area contributed by atoms with Gasteiger partial charge >= 0.3 is 5.97 Å². The first kappa shape index (κ1) is 18.0. The molecule has 3 heteroatoms. The molecule has 6 atom stereocenters. The molecule has 4 aliphatic carbocycles. The summed E-state index contributed by atoms with van der Waals surface area (Å²) in [5, 5.41) is 0. The standard InChI is InChI=1S/C23H32O3/c1-14(24)19-7-8-20-18-6-5-16-13-17(26-15(2)25)9-11-22(16,3)21(18)10-12-23(19,20)4/h5,7,17-18,20-21H,6,8-13H2,1-4H3/t17-,18?,20?,21?,22-,23+/m0/s1. The van der Waals surface area contributed by atoms with Gasteiger partial charge in [-0.05, 0) is 79.6 Å². The summed E-state index contributed by atoms with van der Waals surface area (Å²) in [6, 6.07) is 0. The lowest BCUT2D eigenvalue weighted by atomic mass is 9.47. The van der Waals surface area contributed by atoms with Crippen LogP contribution >= 0.6 is 0 Å². The normalized spacial score (nSPS) is 44.2. The van der Waals surface area contributed by atoms with Crippen LogP contribution in [0.4, 0.5) is 0 Å². The van der Waals surface area contributed by atoms with E-state index in [1.165, 1.54) is 18.9 Å². The van der Waals surface area contributed by atoms with Gasteiger partial charge in [-0.25, -0.2) is 0 Å². The van der Waals surface area contributed by atoms with Gasteiger partial charge in [0.05, 0.1) is 0 Å². The van der Waals surface area contributed by atoms with Crippen molar-refractivity contribution in [3.8, 4) is 0 Å². The smallest absolute Gasteiger partial charge is 0.302 e. The molecule has 3 unspecified atom stereocenters. The predicted octanol–water partition coefficient (Wildman–Crippen LogP) is 5.01. The van der Waals surface area contributed by atoms with Crippen LogP contribution in [-0.4, -0.2) is 17.9 Å². The van der Waals surface area contributed by atoms with E-state index in [1.807, 2.05) is 0 Å². The topological polar surface area (TPSA) is 43.4 Å². The first-order valence-corrected chi connectivity index (χ1v) is 10.3. The van der Waals surface area contributed by atoms with E-state index in [2.05, 4.69) is 26.0 Å². The zero-order valence-corrected chi connectivity index (χ0v) is 16.6. The molecule has 0 aromatic rings. The third kappa shape index (κ3) is 2.53. The molecule has 0 aromatic heterocycles. The second-order valence-electron chi connectivity index (χ2n) is 9.60. The van der Waals surface area contributed by atoms with Crippen molar-refractivity contribution in [3.05, 3.63) is 23.3 Å². The summed E-state index contributed by atoms with van der Waals surface area (Å²) >= 11 is 0. The number of Topliss-reactive ketones (excluding diaryl/α,β-unsaturated/α-hetero) is 1. The molecule has 4 aliphatic rings. The predicted molar refractivity (Wildman–Crippen MR) is 101 cm³/mol. The van der Waals surface area contributed by atoms with Crippen LogP contribution < -0.4 is 0 Å². The fourth-order valence-electron chi connectivity index (χ4n) is 7.08. The van der Waals surface area contributed by atoms with E-state index in [1.54, 1.807) is 6.92 Å². The maximum atomic E-state index is 12.2. The van der Waals surface area contributed by atoms with Gasteiger partial charge in [-0.15, -0.1) is 0 Å². The van der Waals surface area contributed by atoms with Gasteiger partial charge < -0.3 is 4.74 Å². The van der Waals surface area contributed by atoms with Crippen molar-refractivity contribution in [2.75, 3.05) is 0 Å². The molecule has 4 rings (SSSR count). The summed E-state index contributed by atoms with van der Waals surface area (Å²) in [4.78, 5) is 23.5. The SMILES string of the molecule is CC(=O)O[C@H]1CC[C@@]2(C)C(=CCC3C2CC[C@]2(C)C(C(C)=O)=CCC32)C1. The first-order chi connectivity index (χ1) is 12.3. The highest BCUT2D eigenvalue weighted by Gasteiger charge is 2.57. The number of allylic oxidation sites excluding steroid dienone is 3. The van der Waals surface area contributed by atoms with Gasteiger partial charge in [0.15, 0.2) is 5.78 Å². The maximum absolute atomic E-state index is 12.2. The molecular formula is C23H32O3. The monoisotopic (exact) mass is 356 g/mol. The van der Waals surface area contributed by atoms with Crippen LogP contribution in [0.2, 0.25) is 0 Å². The number of hydrogen-bond acceptors (Lipinski definition) is 3. The van der Waals surface area contributed by atoms with Crippen molar-refractivity contribution < 1.29 is 14.3 Å². The molecule has 0 N–H and O–H groups in total. The molecule has 0 aromatic carbocycles. The van der Waals surface area contributed by atoms with Crippen LogP contribution in [0.15, 0.2) is 23.3 Å². The number of hydrogen-bond donors (Lipinski definition) is 0. The summed E-state index contributed by atoms with van der Waals surface area (Å²) < 4.78 is 5.52. The zero-order chi connectivity index (χ0) is 18.7. The van der Waals surface area contributed by atoms with Crippen molar-refractivity contribution in [1.82, 2.24) is 0 Å². The highest BCUT2D eigenvalue weighted by Crippen LogP contribution is 2.65. The Kier molecular flexibility index (Phi) is 4.20. The summed E-state index contributed by atoms with van der Waals surface area (Å²) in [6.07, 6.45) is 12.3. The molecule has 0 spiro atoms. The molecule has 3 nitrogen and oxygen atoms in total. The summed E-state index contributed by atoms with van der Waals surface area (Å²) in [6.45, 7) is 8.05. The lowest BCUT2D eigenvalue weighted by Gasteiger charge is -2.57. The van der Waals surface area contributed by atoms with Crippen LogP contribution in [0, 0.1) is 28.6 Å². The molecule has 2 saturated carbocycles. The lowest BCUT2D eigenvalue weighted by molar-refractivity contribution is -0.148. The van der Waals surface area contributed by atoms with E-state index in [-0.39, 0.29) is 28.7 Å². The zero-order valence-electron chi connectivity index (χ0n) is 16.6. The molecule has 26 heavy (non-hydrogen) atoms. The van der Waals surface area contributed by atoms with E-state index in [0.717, 1.165) is 44.1 Å². The largest absolute Gasteiger partial charge is 0.462 e. The van der Waals surface area contributed by atoms with Crippen molar-refractivity contribution in [2.45, 2.75) is 78.7 Å². The number of fused-ring (bicyclic) bond motifs is 5. The molecule has 0 heterocycles. The fraction of sp³-hybridized carbons (Fsp3) is 0.739. The van der Waals surface area contributed by atoms with E-state index in [0.29, 0.717) is 17.8 Å². The Morgan fingerprint density at radius 3 is 2.42 bits per heavy atom. The van der Waals surface area contributed by atoms with E-state index in [9.17, 15) is 9.59 Å². The summed E-state index contributed by atoms with van der Waals surface area (Å²) in [5.74, 6) is 2.11. The highest BCUT2D eigenvalue weighted by atomic mass is 16.5. The Morgan fingerprint density at radius 2 is 1.73 bits per heavy atom. The van der Waals surface area contributed by atoms with E-state index < -0.39 is 0 Å². The van der Waals surface area contributed by atoms with E-state index >= 15 is 0 Å². The Bertz CT molecular complexity index is 702. The van der Waals surface area contributed by atoms with Crippen LogP contribution in [0.25, 0.3) is 0 Å². The van der Waals surface area contributed by atoms with Gasteiger partial charge in [0, 0.05) is 13.3 Å². The first-order valence-electron chi connectivity index (χ1n) is 10.3. The van der Waals surface area contributed by atoms with Gasteiger partial charge in [0.25, 0.3) is 0 Å². The van der Waals surface area contributed by atoms with Crippen molar-refractivity contribution in [3.63, 3.8) is 0 Å². The molecular weight excluding hydrogens is 324 g/mol. The van der Waals surface area contributed by atoms with E-state index in [4.69, 9.17) is 4.74 Å². The number of carbonyl (C=O) groups excluding carboxylic acids is 2. The molecule has 0 saturated heterocycles. The molecule has 0 aliphatic heterocycles. The summed E-state index contributed by atoms with van der Waals surface area (Å²) in [7, 11) is 0. The molecule has 2 fully saturated rings. The third-order valence-corrected chi connectivity index (χ3v) is 8.35. The molecule has 0 bridgehead atoms. The average molecular weight is 357 g/mol. The van der Waals surface area contributed by atoms with Crippen LogP contribution in [0.1, 0.15) is 72.6 Å². The molecule has 0 amide bonds. The highest BCUT2D eigenvalue weighted by molar-refractivity contribution is 5.95. The van der Waals surface area contributed by atoms with Gasteiger partial charge in [-0.3, -0.25) is 9.59 Å². The Labute approximate surface area is 157 Å². The minimum absolute atomic E-state index is 0.0645. The van der Waals surface area contributed by atoms with Crippen molar-refractivity contribution in [2.24, 2.45) is 28.6 Å². The second-order valence-corrected chi connectivity index (χ2v) is 9.60. The van der Waals surface area contributed by atoms with Crippen molar-refractivity contribution in [1.29, 1.82) is 0 Å². The lowest BCUT2D eigenvalue weighted by Crippen LogP contribution is -2.50. The maximum Gasteiger partial charge on any atom is 0.302 e. The van der Waals surface area contributed by atoms with Gasteiger partial charge in [-0.1, -0.05) is 31.6 Å². The Hall–Kier alpha value is -1.38. The number of rotatable bonds is 2. The fourth-order valence-corrected chi connectivity index (χ4v) is 7.08. The van der Waals surface area contributed by atoms with Gasteiger partial charge in [0.1, 0.15) is 6.10 Å². The second kappa shape index (κ2) is 6.07. The third-order valence-electron chi connectivity index (χ3n) is 8.35. The Morgan fingerprint density at radius 1 is 1.00 bits per heavy atom. The average Bonchev–Trinajstić information content (AvgIpc) is 2.92. The van der Waals surface area contributed by atoms with Gasteiger partial charge in [0.2, 0.25) is 0 Å². The van der Waals surface area contributed by atoms with Crippen LogP contribution in [0.3, 0.4) is 0 Å². The molecule has 0 radical (unpaired) electrons. The minimum Gasteiger partial charge on any atom is -0.462 e. The number of carbonyl (C=O) groups is 2. The minimum atomic E-state index is -0.157. The summed E-state index contributed by atoms with van der Waals surface area (Å²) in [5.41, 5.74) is 2.96. The quantitative estimate of drug-likeness (QED) is 0.516. The van der Waals surface area contributed by atoms with Crippen molar-refractivity contribution >= 4 is 11.8 Å². The van der Waals surface area contributed by atoms with Crippen LogP contribution in [-0.2, 0) is 14.3 Å². The molecule has 142 valence electrons. The Balaban J connectivity index is 1.59. The number of esters is 1.